The molecule has 0 saturated heterocycles. The molecule has 3 aliphatic carbocycles. The number of allylic oxidation sites excluding steroid dienone is 3. The van der Waals surface area contributed by atoms with E-state index in [4.69, 9.17) is 14.3 Å². The van der Waals surface area contributed by atoms with E-state index in [1.807, 2.05) is 0 Å². The summed E-state index contributed by atoms with van der Waals surface area (Å²) in [6.07, 6.45) is 34.6. The van der Waals surface area contributed by atoms with Gasteiger partial charge in [-0.05, 0) is 81.3 Å². The summed E-state index contributed by atoms with van der Waals surface area (Å²) in [6.45, 7) is 13.9. The summed E-state index contributed by atoms with van der Waals surface area (Å²) >= 11 is 0. The molecule has 4 unspecified atom stereocenters. The van der Waals surface area contributed by atoms with E-state index in [0.717, 1.165) is 108 Å². The Morgan fingerprint density at radius 1 is 0.556 bits per heavy atom. The van der Waals surface area contributed by atoms with Gasteiger partial charge in [0.1, 0.15) is 42.6 Å². The summed E-state index contributed by atoms with van der Waals surface area (Å²) < 4.78 is 22.4. The molecule has 3 aliphatic rings. The van der Waals surface area contributed by atoms with Crippen LogP contribution in [0.4, 0.5) is 0 Å². The fourth-order valence-corrected chi connectivity index (χ4v) is 9.02. The molecule has 3 rings (SSSR count). The van der Waals surface area contributed by atoms with Gasteiger partial charge in [-0.3, -0.25) is 47.9 Å². The van der Waals surface area contributed by atoms with E-state index >= 15 is 0 Å². The van der Waals surface area contributed by atoms with Gasteiger partial charge in [0.2, 0.25) is 0 Å². The molecule has 0 amide bonds. The van der Waals surface area contributed by atoms with Gasteiger partial charge in [0.05, 0.1) is 35.5 Å². The zero-order valence-corrected chi connectivity index (χ0v) is 51.6. The lowest BCUT2D eigenvalue weighted by Crippen LogP contribution is -2.36. The topological polar surface area (TPSA) is 284 Å². The highest BCUT2D eigenvalue weighted by Crippen LogP contribution is 2.39. The third kappa shape index (κ3) is 46.8. The molecule has 468 valence electrons. The normalized spacial score (nSPS) is 16.2. The van der Waals surface area contributed by atoms with Crippen molar-refractivity contribution in [2.24, 2.45) is 29.6 Å². The number of esters is 5. The minimum Gasteiger partial charge on any atom is -0.469 e. The van der Waals surface area contributed by atoms with Crippen LogP contribution < -0.4 is 0 Å². The molecular formula is C63H109O18+. The van der Waals surface area contributed by atoms with Crippen molar-refractivity contribution < 1.29 is 86.7 Å². The van der Waals surface area contributed by atoms with E-state index in [0.29, 0.717) is 62.8 Å². The van der Waals surface area contributed by atoms with E-state index in [-0.39, 0.29) is 53.1 Å². The molecule has 0 aromatic heterocycles. The van der Waals surface area contributed by atoms with Gasteiger partial charge in [0.25, 0.3) is 0 Å². The third-order valence-corrected chi connectivity index (χ3v) is 13.7. The monoisotopic (exact) mass is 1150 g/mol. The third-order valence-electron chi connectivity index (χ3n) is 13.7. The molecule has 0 aromatic rings. The number of carbonyl (C=O) groups is 12. The highest BCUT2D eigenvalue weighted by atomic mass is 16.6. The van der Waals surface area contributed by atoms with Crippen LogP contribution in [-0.2, 0) is 86.7 Å². The molecule has 0 radical (unpaired) electrons. The zero-order chi connectivity index (χ0) is 61.4. The minimum atomic E-state index is -0.969. The molecule has 4 atom stereocenters. The highest BCUT2D eigenvalue weighted by molar-refractivity contribution is 5.98. The lowest BCUT2D eigenvalue weighted by atomic mass is 9.81. The maximum Gasteiger partial charge on any atom is 0.320 e. The van der Waals surface area contributed by atoms with Gasteiger partial charge in [-0.1, -0.05) is 137 Å². The second kappa shape index (κ2) is 60.6. The van der Waals surface area contributed by atoms with Gasteiger partial charge < -0.3 is 38.7 Å². The standard InChI is InChI=1S/C15H24O5.C13H22O3.C10H18O2.C10H16O.C7H14O.C5H8O4.C3H4O.H2O/c1-4-5-6-7-10-11(8-9-12(10)16)13(14(17)19-2)15(18)20-3;1-3-4-5-6-11-10(7-8-12(11)14)9-13(15)16-2;1-2-3-4-5-7-10(12)8-6-9-11;1-2-3-4-6-9-7-5-8-10(9)11;1-2-3-4-5-6-7-8;1-8-4(6)3-5(7)9-2;1-2-3-4;/h10-11,13H,4-9H2,1-3H3;10-11H,3-9H2,1-2H3;9H,2-8H2,1H3;7H,2-6,8H2,1H3;7H,2-6H2,1H3;3H2,1-2H3;2-3H,1H2;1H2/p+1. The SMILES string of the molecule is C=CC=O.CCCCCC1=CCCC1=O.CCCCCC1C(=O)CCC1C(C(=O)OC)C(=O)OC.CCCCCC1C(=O)CCC1CC(=O)OC.CCCCCCC(=O)CCC=O.CCCCCCC=O.COC(=O)CC(=O)OC.[OH3+]. The van der Waals surface area contributed by atoms with Crippen LogP contribution in [0.5, 0.6) is 0 Å². The molecular weight excluding hydrogens is 1040 g/mol. The maximum atomic E-state index is 12.0. The predicted octanol–water partition coefficient (Wildman–Crippen LogP) is 11.5. The Balaban J connectivity index is -0.000000288. The summed E-state index contributed by atoms with van der Waals surface area (Å²) in [5.74, 6) is -2.53. The smallest absolute Gasteiger partial charge is 0.320 e. The molecule has 2 fully saturated rings. The van der Waals surface area contributed by atoms with Crippen LogP contribution in [-0.4, -0.2) is 107 Å². The Hall–Kier alpha value is -5.52. The van der Waals surface area contributed by atoms with Gasteiger partial charge in [0, 0.05) is 63.2 Å². The van der Waals surface area contributed by atoms with Crippen molar-refractivity contribution in [2.75, 3.05) is 35.5 Å². The van der Waals surface area contributed by atoms with Crippen LogP contribution in [0.3, 0.4) is 0 Å². The van der Waals surface area contributed by atoms with Gasteiger partial charge >= 0.3 is 29.8 Å². The molecule has 3 N–H and O–H groups in total. The van der Waals surface area contributed by atoms with Crippen LogP contribution in [0, 0.1) is 29.6 Å². The van der Waals surface area contributed by atoms with E-state index < -0.39 is 29.8 Å². The number of rotatable bonds is 33. The van der Waals surface area contributed by atoms with Crippen molar-refractivity contribution in [1.29, 1.82) is 0 Å². The first kappa shape index (κ1) is 84.3. The van der Waals surface area contributed by atoms with Crippen LogP contribution in [0.1, 0.15) is 240 Å². The minimum absolute atomic E-state index is 0. The lowest BCUT2D eigenvalue weighted by Gasteiger charge is -2.24. The fraction of sp³-hybridized carbons (Fsp3) is 0.746. The molecule has 0 aromatic carbocycles. The Kier molecular flexibility index (Phi) is 63.0. The number of methoxy groups -OCH3 is 5. The number of hydrogen-bond donors (Lipinski definition) is 0. The Morgan fingerprint density at radius 2 is 1.01 bits per heavy atom. The van der Waals surface area contributed by atoms with Crippen molar-refractivity contribution in [3.8, 4) is 0 Å². The quantitative estimate of drug-likeness (QED) is 0.0112. The Labute approximate surface area is 486 Å². The average molecular weight is 1150 g/mol. The van der Waals surface area contributed by atoms with E-state index in [2.05, 4.69) is 61.5 Å². The Morgan fingerprint density at radius 3 is 1.46 bits per heavy atom. The summed E-state index contributed by atoms with van der Waals surface area (Å²) in [6, 6.07) is 0. The van der Waals surface area contributed by atoms with Crippen molar-refractivity contribution in [2.45, 2.75) is 240 Å². The van der Waals surface area contributed by atoms with Gasteiger partial charge in [-0.25, -0.2) is 0 Å². The number of ether oxygens (including phenoxy) is 5. The van der Waals surface area contributed by atoms with E-state index in [1.54, 1.807) is 0 Å². The number of carbonyl (C=O) groups excluding carboxylic acids is 12. The molecule has 0 aliphatic heterocycles. The second-order valence-corrected chi connectivity index (χ2v) is 19.9. The van der Waals surface area contributed by atoms with E-state index in [9.17, 15) is 52.7 Å². The van der Waals surface area contributed by atoms with Crippen LogP contribution in [0.2, 0.25) is 0 Å². The molecule has 81 heavy (non-hydrogen) atoms. The molecule has 18 nitrogen and oxygen atoms in total. The molecule has 18 heteroatoms. The van der Waals surface area contributed by atoms with Gasteiger partial charge in [0.15, 0.2) is 11.7 Å². The summed E-state index contributed by atoms with van der Waals surface area (Å²) in [5.41, 5.74) is 1.10. The van der Waals surface area contributed by atoms with E-state index in [1.165, 1.54) is 106 Å². The maximum absolute atomic E-state index is 12.0. The number of ketones is 4. The predicted molar refractivity (Wildman–Crippen MR) is 315 cm³/mol. The number of hydrogen-bond acceptors (Lipinski definition) is 17. The number of unbranched alkanes of at least 4 members (excludes halogenated alkanes) is 13. The largest absolute Gasteiger partial charge is 0.469 e. The average Bonchev–Trinajstić information content (AvgIpc) is 4.18. The first-order valence-corrected chi connectivity index (χ1v) is 29.5. The fourth-order valence-electron chi connectivity index (χ4n) is 9.02. The van der Waals surface area contributed by atoms with Crippen LogP contribution in [0.15, 0.2) is 24.3 Å². The zero-order valence-electron chi connectivity index (χ0n) is 51.6. The second-order valence-electron chi connectivity index (χ2n) is 19.9. The van der Waals surface area contributed by atoms with Crippen molar-refractivity contribution in [3.05, 3.63) is 24.3 Å². The molecule has 0 bridgehead atoms. The first-order chi connectivity index (χ1) is 38.4. The van der Waals surface area contributed by atoms with Crippen LogP contribution in [0.25, 0.3) is 0 Å². The van der Waals surface area contributed by atoms with Crippen molar-refractivity contribution in [1.82, 2.24) is 0 Å². The van der Waals surface area contributed by atoms with Crippen molar-refractivity contribution >= 4 is 71.8 Å². The summed E-state index contributed by atoms with van der Waals surface area (Å²) in [5, 5.41) is 0. The first-order valence-electron chi connectivity index (χ1n) is 29.5. The number of Topliss-reactive ketones (excluding diaryl/α,β-unsaturated/α-hetero) is 4. The highest BCUT2D eigenvalue weighted by Gasteiger charge is 2.46. The Bertz CT molecular complexity index is 1730. The van der Waals surface area contributed by atoms with Crippen molar-refractivity contribution in [3.63, 3.8) is 0 Å². The molecule has 0 spiro atoms. The lowest BCUT2D eigenvalue weighted by molar-refractivity contribution is -0.162. The number of aldehydes is 3. The van der Waals surface area contributed by atoms with Crippen LogP contribution >= 0.6 is 0 Å². The molecule has 2 saturated carbocycles. The van der Waals surface area contributed by atoms with Gasteiger partial charge in [-0.15, -0.1) is 0 Å². The summed E-state index contributed by atoms with van der Waals surface area (Å²) in [4.78, 5) is 130. The van der Waals surface area contributed by atoms with Gasteiger partial charge in [-0.2, -0.15) is 0 Å². The molecule has 0 heterocycles. The summed E-state index contributed by atoms with van der Waals surface area (Å²) in [7, 11) is 6.34.